The molecule has 0 atom stereocenters. The van der Waals surface area contributed by atoms with Gasteiger partial charge in [-0.1, -0.05) is 30.3 Å². The Kier molecular flexibility index (Phi) is 4.42. The van der Waals surface area contributed by atoms with Crippen molar-refractivity contribution in [2.75, 3.05) is 0 Å². The molecule has 0 saturated carbocycles. The molecule has 0 spiro atoms. The van der Waals surface area contributed by atoms with Gasteiger partial charge >= 0.3 is 0 Å². The van der Waals surface area contributed by atoms with Crippen molar-refractivity contribution in [1.82, 2.24) is 4.98 Å². The van der Waals surface area contributed by atoms with Crippen LogP contribution in [0.2, 0.25) is 0 Å². The van der Waals surface area contributed by atoms with Crippen LogP contribution in [0.1, 0.15) is 5.56 Å². The Hall–Kier alpha value is -3.44. The van der Waals surface area contributed by atoms with E-state index in [1.54, 1.807) is 24.5 Å². The molecule has 0 radical (unpaired) electrons. The molecule has 1 heterocycles. The molecule has 2 rings (SSSR count). The zero-order chi connectivity index (χ0) is 15.1. The van der Waals surface area contributed by atoms with Crippen molar-refractivity contribution >= 4 is 6.21 Å². The fourth-order valence-corrected chi connectivity index (χ4v) is 1.74. The molecule has 0 aliphatic rings. The van der Waals surface area contributed by atoms with Crippen LogP contribution in [-0.2, 0) is 0 Å². The number of rotatable bonds is 3. The fourth-order valence-electron chi connectivity index (χ4n) is 1.74. The van der Waals surface area contributed by atoms with Gasteiger partial charge in [-0.25, -0.2) is 4.99 Å². The fraction of sp³-hybridized carbons (Fsp3) is 0. The van der Waals surface area contributed by atoms with E-state index in [4.69, 9.17) is 16.3 Å². The molecule has 0 bridgehead atoms. The molecule has 5 nitrogen and oxygen atoms in total. The molecule has 2 N–H and O–H groups in total. The van der Waals surface area contributed by atoms with E-state index in [1.807, 2.05) is 36.4 Å². The average molecular weight is 273 g/mol. The normalized spacial score (nSPS) is 11.5. The Morgan fingerprint density at radius 3 is 2.62 bits per heavy atom. The highest BCUT2D eigenvalue weighted by Crippen LogP contribution is 2.21. The van der Waals surface area contributed by atoms with E-state index in [9.17, 15) is 0 Å². The van der Waals surface area contributed by atoms with Crippen molar-refractivity contribution < 1.29 is 0 Å². The molecule has 1 aromatic heterocycles. The number of nitrogens with zero attached hydrogens (tertiary/aromatic N) is 4. The van der Waals surface area contributed by atoms with Crippen LogP contribution in [0.4, 0.5) is 0 Å². The van der Waals surface area contributed by atoms with Crippen molar-refractivity contribution in [3.8, 4) is 23.3 Å². The van der Waals surface area contributed by atoms with Gasteiger partial charge in [0.05, 0.1) is 0 Å². The molecule has 0 unspecified atom stereocenters. The Bertz CT molecular complexity index is 776. The topological polar surface area (TPSA) is 98.8 Å². The van der Waals surface area contributed by atoms with Crippen molar-refractivity contribution in [2.24, 2.45) is 10.7 Å². The summed E-state index contributed by atoms with van der Waals surface area (Å²) in [6, 6.07) is 14.9. The Morgan fingerprint density at radius 2 is 1.95 bits per heavy atom. The monoisotopic (exact) mass is 273 g/mol. The van der Waals surface area contributed by atoms with Gasteiger partial charge in [-0.2, -0.15) is 10.5 Å². The smallest absolute Gasteiger partial charge is 0.174 e. The average Bonchev–Trinajstić information content (AvgIpc) is 2.56. The molecule has 100 valence electrons. The maximum Gasteiger partial charge on any atom is 0.174 e. The van der Waals surface area contributed by atoms with E-state index in [-0.39, 0.29) is 11.4 Å². The van der Waals surface area contributed by atoms with Crippen LogP contribution < -0.4 is 5.73 Å². The lowest BCUT2D eigenvalue weighted by molar-refractivity contribution is 1.27. The molecular formula is C16H11N5. The van der Waals surface area contributed by atoms with Gasteiger partial charge in [-0.3, -0.25) is 4.98 Å². The van der Waals surface area contributed by atoms with Gasteiger partial charge in [0.1, 0.15) is 17.8 Å². The first-order valence-electron chi connectivity index (χ1n) is 6.09. The number of allylic oxidation sites excluding steroid dienone is 2. The highest BCUT2D eigenvalue weighted by Gasteiger charge is 2.04. The lowest BCUT2D eigenvalue weighted by atomic mass is 10.0. The van der Waals surface area contributed by atoms with E-state index in [2.05, 4.69) is 9.98 Å². The van der Waals surface area contributed by atoms with Gasteiger partial charge in [-0.15, -0.1) is 0 Å². The number of hydrogen-bond donors (Lipinski definition) is 1. The third kappa shape index (κ3) is 3.31. The second kappa shape index (κ2) is 6.65. The second-order valence-electron chi connectivity index (χ2n) is 4.07. The van der Waals surface area contributed by atoms with E-state index < -0.39 is 0 Å². The summed E-state index contributed by atoms with van der Waals surface area (Å²) < 4.78 is 0. The van der Waals surface area contributed by atoms with Gasteiger partial charge in [0.15, 0.2) is 5.70 Å². The highest BCUT2D eigenvalue weighted by atomic mass is 14.8. The molecule has 0 saturated heterocycles. The van der Waals surface area contributed by atoms with Crippen LogP contribution in [0, 0.1) is 22.7 Å². The SMILES string of the molecule is N#CC(N)=C(C#N)N=Cc1ccccc1-c1cccnc1. The molecule has 0 aliphatic heterocycles. The predicted octanol–water partition coefficient (Wildman–Crippen LogP) is 2.38. The first-order valence-corrected chi connectivity index (χ1v) is 6.09. The second-order valence-corrected chi connectivity index (χ2v) is 4.07. The molecule has 0 fully saturated rings. The van der Waals surface area contributed by atoms with Crippen molar-refractivity contribution in [3.05, 3.63) is 65.7 Å². The number of aromatic nitrogens is 1. The summed E-state index contributed by atoms with van der Waals surface area (Å²) in [4.78, 5) is 8.08. The molecule has 5 heteroatoms. The summed E-state index contributed by atoms with van der Waals surface area (Å²) >= 11 is 0. The number of benzene rings is 1. The molecule has 0 aliphatic carbocycles. The molecule has 2 aromatic rings. The van der Waals surface area contributed by atoms with Gasteiger partial charge in [0.2, 0.25) is 0 Å². The number of nitriles is 2. The van der Waals surface area contributed by atoms with E-state index in [0.29, 0.717) is 0 Å². The molecule has 0 amide bonds. The Labute approximate surface area is 122 Å². The number of nitrogens with two attached hydrogens (primary N) is 1. The number of pyridine rings is 1. The third-order valence-corrected chi connectivity index (χ3v) is 2.75. The van der Waals surface area contributed by atoms with Crippen LogP contribution in [0.15, 0.2) is 65.2 Å². The summed E-state index contributed by atoms with van der Waals surface area (Å²) in [5.41, 5.74) is 7.80. The minimum absolute atomic E-state index is 0.0986. The number of hydrogen-bond acceptors (Lipinski definition) is 5. The van der Waals surface area contributed by atoms with Crippen LogP contribution in [0.5, 0.6) is 0 Å². The summed E-state index contributed by atoms with van der Waals surface area (Å²) in [5.74, 6) is 0. The predicted molar refractivity (Wildman–Crippen MR) is 79.7 cm³/mol. The quantitative estimate of drug-likeness (QED) is 0.685. The van der Waals surface area contributed by atoms with E-state index >= 15 is 0 Å². The van der Waals surface area contributed by atoms with Crippen LogP contribution in [0.3, 0.4) is 0 Å². The molecular weight excluding hydrogens is 262 g/mol. The van der Waals surface area contributed by atoms with Gasteiger partial charge in [0.25, 0.3) is 0 Å². The zero-order valence-corrected chi connectivity index (χ0v) is 11.1. The standard InChI is InChI=1S/C16H11N5/c17-8-15(19)16(9-18)21-11-13-4-1-2-6-14(13)12-5-3-7-20-10-12/h1-7,10-11H,19H2. The van der Waals surface area contributed by atoms with Gasteiger partial charge in [0, 0.05) is 29.7 Å². The summed E-state index contributed by atoms with van der Waals surface area (Å²) in [7, 11) is 0. The minimum Gasteiger partial charge on any atom is -0.388 e. The van der Waals surface area contributed by atoms with E-state index in [0.717, 1.165) is 16.7 Å². The lowest BCUT2D eigenvalue weighted by Crippen LogP contribution is -1.98. The van der Waals surface area contributed by atoms with E-state index in [1.165, 1.54) is 6.21 Å². The Balaban J connectivity index is 2.44. The minimum atomic E-state index is -0.201. The molecule has 21 heavy (non-hydrogen) atoms. The molecule has 1 aromatic carbocycles. The van der Waals surface area contributed by atoms with Crippen molar-refractivity contribution in [2.45, 2.75) is 0 Å². The van der Waals surface area contributed by atoms with Crippen LogP contribution >= 0.6 is 0 Å². The first-order chi connectivity index (χ1) is 10.3. The maximum absolute atomic E-state index is 8.93. The summed E-state index contributed by atoms with van der Waals surface area (Å²) in [6.07, 6.45) is 4.97. The van der Waals surface area contributed by atoms with Crippen molar-refractivity contribution in [1.29, 1.82) is 10.5 Å². The van der Waals surface area contributed by atoms with Crippen LogP contribution in [-0.4, -0.2) is 11.2 Å². The maximum atomic E-state index is 8.93. The Morgan fingerprint density at radius 1 is 1.14 bits per heavy atom. The summed E-state index contributed by atoms with van der Waals surface area (Å²) in [6.45, 7) is 0. The highest BCUT2D eigenvalue weighted by molar-refractivity contribution is 5.90. The third-order valence-electron chi connectivity index (χ3n) is 2.75. The largest absolute Gasteiger partial charge is 0.388 e. The zero-order valence-electron chi connectivity index (χ0n) is 11.1. The lowest BCUT2D eigenvalue weighted by Gasteiger charge is -2.04. The van der Waals surface area contributed by atoms with Gasteiger partial charge in [-0.05, 0) is 11.6 Å². The van der Waals surface area contributed by atoms with Gasteiger partial charge < -0.3 is 5.73 Å². The van der Waals surface area contributed by atoms with Crippen LogP contribution in [0.25, 0.3) is 11.1 Å². The summed E-state index contributed by atoms with van der Waals surface area (Å²) in [5, 5.41) is 17.6. The van der Waals surface area contributed by atoms with Crippen molar-refractivity contribution in [3.63, 3.8) is 0 Å². The number of aliphatic imine (C=N–C) groups is 1. The first kappa shape index (κ1) is 14.0.